The Hall–Kier alpha value is -2.83. The lowest BCUT2D eigenvalue weighted by atomic mass is 9.93. The zero-order valence-electron chi connectivity index (χ0n) is 15.4. The number of hydrogen-bond donors (Lipinski definition) is 0. The zero-order valence-corrected chi connectivity index (χ0v) is 15.4. The summed E-state index contributed by atoms with van der Waals surface area (Å²) >= 11 is 0. The summed E-state index contributed by atoms with van der Waals surface area (Å²) in [6, 6.07) is 11.2. The molecule has 0 unspecified atom stereocenters. The predicted molar refractivity (Wildman–Crippen MR) is 98.5 cm³/mol. The van der Waals surface area contributed by atoms with Gasteiger partial charge in [0.15, 0.2) is 13.2 Å². The lowest BCUT2D eigenvalue weighted by Gasteiger charge is -2.34. The lowest BCUT2D eigenvalue weighted by Crippen LogP contribution is -2.44. The van der Waals surface area contributed by atoms with E-state index in [4.69, 9.17) is 14.0 Å². The molecule has 1 amide bonds. The van der Waals surface area contributed by atoms with Gasteiger partial charge in [-0.05, 0) is 37.1 Å². The molecule has 1 aliphatic carbocycles. The molecule has 7 nitrogen and oxygen atoms in total. The van der Waals surface area contributed by atoms with Crippen molar-refractivity contribution in [3.05, 3.63) is 42.2 Å². The number of anilines is 1. The smallest absolute Gasteiger partial charge is 0.344 e. The van der Waals surface area contributed by atoms with Gasteiger partial charge in [0.2, 0.25) is 0 Å². The molecule has 1 fully saturated rings. The maximum atomic E-state index is 12.8. The van der Waals surface area contributed by atoms with Crippen molar-refractivity contribution >= 4 is 17.6 Å². The normalized spacial score (nSPS) is 14.6. The second-order valence-electron chi connectivity index (χ2n) is 6.62. The van der Waals surface area contributed by atoms with Gasteiger partial charge in [-0.1, -0.05) is 37.5 Å². The highest BCUT2D eigenvalue weighted by atomic mass is 16.6. The van der Waals surface area contributed by atoms with E-state index in [-0.39, 0.29) is 31.0 Å². The number of benzene rings is 1. The van der Waals surface area contributed by atoms with E-state index in [0.717, 1.165) is 31.4 Å². The lowest BCUT2D eigenvalue weighted by molar-refractivity contribution is -0.150. The minimum atomic E-state index is -0.624. The van der Waals surface area contributed by atoms with Crippen LogP contribution in [-0.4, -0.2) is 36.3 Å². The van der Waals surface area contributed by atoms with Crippen LogP contribution in [0.4, 0.5) is 5.69 Å². The van der Waals surface area contributed by atoms with Crippen LogP contribution >= 0.6 is 0 Å². The average Bonchev–Trinajstić information content (AvgIpc) is 3.12. The number of carbonyl (C=O) groups is 2. The minimum absolute atomic E-state index is 0.140. The third kappa shape index (κ3) is 5.32. The molecular weight excluding hydrogens is 348 g/mol. The van der Waals surface area contributed by atoms with Crippen molar-refractivity contribution in [2.45, 2.75) is 45.1 Å². The molecule has 7 heteroatoms. The molecule has 1 saturated carbocycles. The van der Waals surface area contributed by atoms with Crippen LogP contribution in [0.5, 0.6) is 5.88 Å². The van der Waals surface area contributed by atoms with E-state index in [1.165, 1.54) is 6.42 Å². The van der Waals surface area contributed by atoms with Gasteiger partial charge in [0.25, 0.3) is 11.8 Å². The monoisotopic (exact) mass is 372 g/mol. The fourth-order valence-corrected chi connectivity index (χ4v) is 3.28. The zero-order chi connectivity index (χ0) is 19.1. The molecule has 0 saturated heterocycles. The summed E-state index contributed by atoms with van der Waals surface area (Å²) in [5.41, 5.74) is 0.833. The van der Waals surface area contributed by atoms with Crippen molar-refractivity contribution < 1.29 is 23.6 Å². The molecule has 0 N–H and O–H groups in total. The van der Waals surface area contributed by atoms with Crippen LogP contribution in [-0.2, 0) is 14.3 Å². The first-order valence-electron chi connectivity index (χ1n) is 9.22. The molecular formula is C20H24N2O5. The second-order valence-corrected chi connectivity index (χ2v) is 6.62. The third-order valence-corrected chi connectivity index (χ3v) is 4.54. The average molecular weight is 372 g/mol. The summed E-state index contributed by atoms with van der Waals surface area (Å²) in [4.78, 5) is 26.5. The molecule has 0 atom stereocenters. The minimum Gasteiger partial charge on any atom is -0.463 e. The standard InChI is InChI=1S/C20H24N2O5/c1-15-12-18(21-27-15)25-14-20(24)26-13-19(23)22(16-8-4-2-5-9-16)17-10-6-3-7-11-17/h2,4-5,8-9,12,17H,3,6-7,10-11,13-14H2,1H3. The number of aromatic nitrogens is 1. The number of aryl methyl sites for hydroxylation is 1. The van der Waals surface area contributed by atoms with Crippen molar-refractivity contribution in [2.75, 3.05) is 18.1 Å². The molecule has 0 radical (unpaired) electrons. The van der Waals surface area contributed by atoms with Gasteiger partial charge in [0.05, 0.1) is 0 Å². The number of amides is 1. The molecule has 2 aromatic rings. The van der Waals surface area contributed by atoms with E-state index >= 15 is 0 Å². The molecule has 0 spiro atoms. The number of carbonyl (C=O) groups excluding carboxylic acids is 2. The van der Waals surface area contributed by atoms with E-state index in [1.807, 2.05) is 30.3 Å². The quantitative estimate of drug-likeness (QED) is 0.694. The fourth-order valence-electron chi connectivity index (χ4n) is 3.28. The number of nitrogens with zero attached hydrogens (tertiary/aromatic N) is 2. The molecule has 144 valence electrons. The predicted octanol–water partition coefficient (Wildman–Crippen LogP) is 3.27. The maximum Gasteiger partial charge on any atom is 0.344 e. The SMILES string of the molecule is Cc1cc(OCC(=O)OCC(=O)N(c2ccccc2)C2CCCCC2)no1. The Morgan fingerprint density at radius 2 is 1.89 bits per heavy atom. The molecule has 27 heavy (non-hydrogen) atoms. The topological polar surface area (TPSA) is 81.9 Å². The van der Waals surface area contributed by atoms with Gasteiger partial charge in [-0.3, -0.25) is 4.79 Å². The Morgan fingerprint density at radius 3 is 2.56 bits per heavy atom. The van der Waals surface area contributed by atoms with E-state index in [1.54, 1.807) is 17.9 Å². The van der Waals surface area contributed by atoms with Crippen LogP contribution in [0.2, 0.25) is 0 Å². The van der Waals surface area contributed by atoms with E-state index in [0.29, 0.717) is 5.76 Å². The summed E-state index contributed by atoms with van der Waals surface area (Å²) in [5.74, 6) is -0.0530. The first-order chi connectivity index (χ1) is 13.1. The molecule has 1 aliphatic rings. The molecule has 0 aliphatic heterocycles. The van der Waals surface area contributed by atoms with E-state index in [9.17, 15) is 9.59 Å². The molecule has 1 aromatic carbocycles. The highest BCUT2D eigenvalue weighted by Gasteiger charge is 2.27. The molecule has 3 rings (SSSR count). The van der Waals surface area contributed by atoms with Crippen molar-refractivity contribution in [3.8, 4) is 5.88 Å². The van der Waals surface area contributed by atoms with Crippen molar-refractivity contribution in [3.63, 3.8) is 0 Å². The van der Waals surface area contributed by atoms with Gasteiger partial charge < -0.3 is 18.9 Å². The number of rotatable bonds is 7. The Bertz CT molecular complexity index is 753. The van der Waals surface area contributed by atoms with E-state index in [2.05, 4.69) is 5.16 Å². The van der Waals surface area contributed by atoms with Gasteiger partial charge >= 0.3 is 5.97 Å². The van der Waals surface area contributed by atoms with Crippen molar-refractivity contribution in [1.29, 1.82) is 0 Å². The van der Waals surface area contributed by atoms with Gasteiger partial charge in [-0.15, -0.1) is 0 Å². The highest BCUT2D eigenvalue weighted by molar-refractivity contribution is 5.95. The maximum absolute atomic E-state index is 12.8. The van der Waals surface area contributed by atoms with Gasteiger partial charge in [-0.25, -0.2) is 4.79 Å². The van der Waals surface area contributed by atoms with Crippen LogP contribution < -0.4 is 9.64 Å². The van der Waals surface area contributed by atoms with Crippen LogP contribution in [0.25, 0.3) is 0 Å². The summed E-state index contributed by atoms with van der Waals surface area (Å²) in [6.07, 6.45) is 5.33. The summed E-state index contributed by atoms with van der Waals surface area (Å²) in [7, 11) is 0. The second kappa shape index (κ2) is 9.21. The van der Waals surface area contributed by atoms with Crippen molar-refractivity contribution in [2.24, 2.45) is 0 Å². The molecule has 1 heterocycles. The molecule has 1 aromatic heterocycles. The summed E-state index contributed by atoms with van der Waals surface area (Å²) < 4.78 is 15.1. The number of ether oxygens (including phenoxy) is 2. The van der Waals surface area contributed by atoms with Gasteiger partial charge in [-0.2, -0.15) is 0 Å². The third-order valence-electron chi connectivity index (χ3n) is 4.54. The molecule has 0 bridgehead atoms. The fraction of sp³-hybridized carbons (Fsp3) is 0.450. The Kier molecular flexibility index (Phi) is 6.46. The van der Waals surface area contributed by atoms with Crippen molar-refractivity contribution in [1.82, 2.24) is 5.16 Å². The van der Waals surface area contributed by atoms with Crippen LogP contribution in [0, 0.1) is 6.92 Å². The van der Waals surface area contributed by atoms with Crippen LogP contribution in [0.15, 0.2) is 40.9 Å². The summed E-state index contributed by atoms with van der Waals surface area (Å²) in [6.45, 7) is 1.08. The highest BCUT2D eigenvalue weighted by Crippen LogP contribution is 2.27. The number of esters is 1. The van der Waals surface area contributed by atoms with E-state index < -0.39 is 5.97 Å². The first kappa shape index (κ1) is 18.9. The van der Waals surface area contributed by atoms with Crippen LogP contribution in [0.3, 0.4) is 0 Å². The van der Waals surface area contributed by atoms with Gasteiger partial charge in [0, 0.05) is 17.8 Å². The first-order valence-corrected chi connectivity index (χ1v) is 9.22. The van der Waals surface area contributed by atoms with Crippen LogP contribution in [0.1, 0.15) is 37.9 Å². The largest absolute Gasteiger partial charge is 0.463 e. The summed E-state index contributed by atoms with van der Waals surface area (Å²) in [5, 5.41) is 3.63. The number of hydrogen-bond acceptors (Lipinski definition) is 6. The Labute approximate surface area is 158 Å². The Balaban J connectivity index is 1.56. The number of para-hydroxylation sites is 1. The van der Waals surface area contributed by atoms with Gasteiger partial charge in [0.1, 0.15) is 5.76 Å². The Morgan fingerprint density at radius 1 is 1.15 bits per heavy atom.